The molecule has 0 saturated carbocycles. The van der Waals surface area contributed by atoms with Gasteiger partial charge in [-0.15, -0.1) is 11.3 Å². The number of nitrogens with zero attached hydrogens (tertiary/aromatic N) is 5. The van der Waals surface area contributed by atoms with Crippen molar-refractivity contribution < 1.29 is 4.39 Å². The lowest BCUT2D eigenvalue weighted by atomic mass is 10.2. The Balaban J connectivity index is 1.74. The Morgan fingerprint density at radius 3 is 2.84 bits per heavy atom. The van der Waals surface area contributed by atoms with Crippen LogP contribution in [0.2, 0.25) is 0 Å². The van der Waals surface area contributed by atoms with Crippen molar-refractivity contribution >= 4 is 22.2 Å². The molecule has 0 spiro atoms. The van der Waals surface area contributed by atoms with Gasteiger partial charge >= 0.3 is 0 Å². The van der Waals surface area contributed by atoms with Crippen LogP contribution in [-0.4, -0.2) is 24.5 Å². The molecular formula is C18H12FN5S. The summed E-state index contributed by atoms with van der Waals surface area (Å²) in [5.74, 6) is 6.50. The lowest BCUT2D eigenvalue weighted by Crippen LogP contribution is -1.97. The first-order valence-corrected chi connectivity index (χ1v) is 8.38. The highest BCUT2D eigenvalue weighted by Gasteiger charge is 2.09. The van der Waals surface area contributed by atoms with E-state index in [1.165, 1.54) is 17.4 Å². The van der Waals surface area contributed by atoms with Crippen LogP contribution in [0.5, 0.6) is 0 Å². The van der Waals surface area contributed by atoms with E-state index < -0.39 is 0 Å². The summed E-state index contributed by atoms with van der Waals surface area (Å²) >= 11 is 1.52. The molecule has 3 heterocycles. The van der Waals surface area contributed by atoms with E-state index in [-0.39, 0.29) is 5.82 Å². The predicted molar refractivity (Wildman–Crippen MR) is 94.5 cm³/mol. The molecule has 4 rings (SSSR count). The number of aryl methyl sites for hydroxylation is 2. The first-order valence-electron chi connectivity index (χ1n) is 7.50. The second-order valence-electron chi connectivity index (χ2n) is 5.41. The number of halogens is 1. The molecule has 4 aromatic rings. The molecule has 0 N–H and O–H groups in total. The zero-order valence-corrected chi connectivity index (χ0v) is 14.3. The van der Waals surface area contributed by atoms with Gasteiger partial charge in [0.2, 0.25) is 5.82 Å². The van der Waals surface area contributed by atoms with Crippen LogP contribution in [0.15, 0.2) is 36.0 Å². The van der Waals surface area contributed by atoms with E-state index in [0.717, 1.165) is 10.7 Å². The lowest BCUT2D eigenvalue weighted by molar-refractivity contribution is 0.638. The predicted octanol–water partition coefficient (Wildman–Crippen LogP) is 3.33. The molecule has 0 bridgehead atoms. The summed E-state index contributed by atoms with van der Waals surface area (Å²) in [5, 5.41) is 3.17. The van der Waals surface area contributed by atoms with E-state index in [1.54, 1.807) is 25.3 Å². The monoisotopic (exact) mass is 349 g/mol. The highest BCUT2D eigenvalue weighted by Crippen LogP contribution is 2.20. The Labute approximate surface area is 147 Å². The molecule has 0 radical (unpaired) electrons. The summed E-state index contributed by atoms with van der Waals surface area (Å²) in [4.78, 5) is 17.4. The number of aromatic nitrogens is 5. The van der Waals surface area contributed by atoms with Crippen LogP contribution in [0.25, 0.3) is 21.6 Å². The fraction of sp³-hybridized carbons (Fsp3) is 0.111. The Morgan fingerprint density at radius 1 is 1.16 bits per heavy atom. The number of rotatable bonds is 1. The van der Waals surface area contributed by atoms with Gasteiger partial charge < -0.3 is 4.57 Å². The number of hydrogen-bond acceptors (Lipinski definition) is 5. The third-order valence-corrected chi connectivity index (χ3v) is 4.46. The highest BCUT2D eigenvalue weighted by molar-refractivity contribution is 7.13. The van der Waals surface area contributed by atoms with Gasteiger partial charge in [0.15, 0.2) is 5.82 Å². The van der Waals surface area contributed by atoms with Crippen molar-refractivity contribution in [2.24, 2.45) is 7.05 Å². The van der Waals surface area contributed by atoms with Gasteiger partial charge in [-0.25, -0.2) is 24.3 Å². The molecule has 0 saturated heterocycles. The largest absolute Gasteiger partial charge is 0.327 e. The van der Waals surface area contributed by atoms with E-state index in [2.05, 4.69) is 31.8 Å². The van der Waals surface area contributed by atoms with E-state index in [0.29, 0.717) is 28.2 Å². The first-order chi connectivity index (χ1) is 12.1. The van der Waals surface area contributed by atoms with Gasteiger partial charge in [0.05, 0.1) is 16.6 Å². The van der Waals surface area contributed by atoms with Crippen LogP contribution in [0, 0.1) is 24.6 Å². The number of fused-ring (bicyclic) bond motifs is 1. The van der Waals surface area contributed by atoms with Crippen LogP contribution < -0.4 is 0 Å². The zero-order valence-electron chi connectivity index (χ0n) is 13.5. The van der Waals surface area contributed by atoms with Crippen molar-refractivity contribution in [2.75, 3.05) is 0 Å². The number of hydrogen-bond donors (Lipinski definition) is 0. The molecular weight excluding hydrogens is 337 g/mol. The summed E-state index contributed by atoms with van der Waals surface area (Å²) in [6, 6.07) is 4.78. The second kappa shape index (κ2) is 6.07. The van der Waals surface area contributed by atoms with E-state index >= 15 is 0 Å². The van der Waals surface area contributed by atoms with Crippen molar-refractivity contribution in [3.63, 3.8) is 0 Å². The smallest absolute Gasteiger partial charge is 0.206 e. The van der Waals surface area contributed by atoms with Crippen molar-refractivity contribution in [3.05, 3.63) is 59.1 Å². The summed E-state index contributed by atoms with van der Waals surface area (Å²) in [6.45, 7) is 1.75. The van der Waals surface area contributed by atoms with Crippen LogP contribution in [0.1, 0.15) is 17.3 Å². The summed E-state index contributed by atoms with van der Waals surface area (Å²) in [7, 11) is 1.87. The van der Waals surface area contributed by atoms with Gasteiger partial charge in [-0.05, 0) is 30.9 Å². The molecule has 0 aliphatic rings. The molecule has 0 unspecified atom stereocenters. The minimum atomic E-state index is -0.327. The van der Waals surface area contributed by atoms with Gasteiger partial charge in [0.25, 0.3) is 0 Å². The van der Waals surface area contributed by atoms with Gasteiger partial charge in [0.1, 0.15) is 16.5 Å². The Kier molecular flexibility index (Phi) is 3.75. The zero-order chi connectivity index (χ0) is 17.4. The number of benzene rings is 1. The van der Waals surface area contributed by atoms with Crippen LogP contribution in [0.4, 0.5) is 4.39 Å². The minimum absolute atomic E-state index is 0.327. The molecule has 0 atom stereocenters. The lowest BCUT2D eigenvalue weighted by Gasteiger charge is -2.02. The minimum Gasteiger partial charge on any atom is -0.327 e. The average Bonchev–Trinajstić information content (AvgIpc) is 3.22. The topological polar surface area (TPSA) is 56.5 Å². The molecule has 7 heteroatoms. The van der Waals surface area contributed by atoms with Gasteiger partial charge in [-0.1, -0.05) is 6.07 Å². The molecule has 25 heavy (non-hydrogen) atoms. The molecule has 3 aromatic heterocycles. The van der Waals surface area contributed by atoms with Gasteiger partial charge in [-0.2, -0.15) is 0 Å². The Morgan fingerprint density at radius 2 is 2.04 bits per heavy atom. The van der Waals surface area contributed by atoms with Crippen molar-refractivity contribution in [1.29, 1.82) is 0 Å². The van der Waals surface area contributed by atoms with Crippen LogP contribution in [0.3, 0.4) is 0 Å². The molecule has 0 aliphatic heterocycles. The summed E-state index contributed by atoms with van der Waals surface area (Å²) < 4.78 is 15.7. The fourth-order valence-corrected chi connectivity index (χ4v) is 3.11. The van der Waals surface area contributed by atoms with E-state index in [4.69, 9.17) is 0 Å². The van der Waals surface area contributed by atoms with Crippen LogP contribution >= 0.6 is 11.3 Å². The molecule has 0 amide bonds. The SMILES string of the molecule is Cc1nc(C#Cc2nc(-c3nccs3)cn2C)nc2cccc(F)c12. The third-order valence-electron chi connectivity index (χ3n) is 3.67. The van der Waals surface area contributed by atoms with Gasteiger partial charge in [-0.3, -0.25) is 0 Å². The van der Waals surface area contributed by atoms with E-state index in [9.17, 15) is 4.39 Å². The number of thiazole rings is 1. The fourth-order valence-electron chi connectivity index (χ4n) is 2.52. The Bertz CT molecular complexity index is 1140. The van der Waals surface area contributed by atoms with Gasteiger partial charge in [0, 0.05) is 24.8 Å². The van der Waals surface area contributed by atoms with E-state index in [1.807, 2.05) is 23.2 Å². The Hall–Kier alpha value is -3.11. The third kappa shape index (κ3) is 2.88. The summed E-state index contributed by atoms with van der Waals surface area (Å²) in [5.41, 5.74) is 1.88. The average molecular weight is 349 g/mol. The quantitative estimate of drug-likeness (QED) is 0.495. The molecule has 0 fully saturated rings. The molecule has 0 aliphatic carbocycles. The molecule has 122 valence electrons. The maximum Gasteiger partial charge on any atom is 0.206 e. The second-order valence-corrected chi connectivity index (χ2v) is 6.31. The highest BCUT2D eigenvalue weighted by atomic mass is 32.1. The first kappa shape index (κ1) is 15.4. The maximum absolute atomic E-state index is 13.9. The normalized spacial score (nSPS) is 10.7. The van der Waals surface area contributed by atoms with Crippen molar-refractivity contribution in [3.8, 4) is 22.5 Å². The maximum atomic E-state index is 13.9. The summed E-state index contributed by atoms with van der Waals surface area (Å²) in [6.07, 6.45) is 3.62. The van der Waals surface area contributed by atoms with Crippen LogP contribution in [-0.2, 0) is 7.05 Å². The number of imidazole rings is 1. The standard InChI is InChI=1S/C18H12FN5S/c1-11-17-12(19)4-3-5-13(17)22-15(21-11)6-7-16-23-14(10-24(16)2)18-20-8-9-25-18/h3-5,8-10H,1-2H3. The molecule has 5 nitrogen and oxygen atoms in total. The van der Waals surface area contributed by atoms with Crippen molar-refractivity contribution in [1.82, 2.24) is 24.5 Å². The van der Waals surface area contributed by atoms with Crippen molar-refractivity contribution in [2.45, 2.75) is 6.92 Å². The molecule has 1 aromatic carbocycles.